The van der Waals surface area contributed by atoms with E-state index in [0.717, 1.165) is 18.4 Å². The molecule has 3 heterocycles. The second-order valence-corrected chi connectivity index (χ2v) is 8.62. The van der Waals surface area contributed by atoms with Gasteiger partial charge in [0.25, 0.3) is 11.5 Å². The molecular formula is C24H34F2N6O. The van der Waals surface area contributed by atoms with Gasteiger partial charge < -0.3 is 20.2 Å². The molecule has 1 aliphatic rings. The normalized spacial score (nSPS) is 16.5. The fourth-order valence-corrected chi connectivity index (χ4v) is 4.20. The Morgan fingerprint density at radius 3 is 2.64 bits per heavy atom. The zero-order valence-electron chi connectivity index (χ0n) is 19.7. The molecular weight excluding hydrogens is 426 g/mol. The van der Waals surface area contributed by atoms with Crippen molar-refractivity contribution in [1.29, 1.82) is 0 Å². The van der Waals surface area contributed by atoms with Gasteiger partial charge in [0.2, 0.25) is 0 Å². The number of anilines is 1. The molecule has 0 amide bonds. The monoisotopic (exact) mass is 460 g/mol. The van der Waals surface area contributed by atoms with Crippen molar-refractivity contribution in [2.45, 2.75) is 58.4 Å². The zero-order chi connectivity index (χ0) is 24.2. The molecule has 1 fully saturated rings. The van der Waals surface area contributed by atoms with E-state index in [-0.39, 0.29) is 25.1 Å². The van der Waals surface area contributed by atoms with Gasteiger partial charge in [0.05, 0.1) is 41.6 Å². The summed E-state index contributed by atoms with van der Waals surface area (Å²) in [5.41, 5.74) is 10.2. The quantitative estimate of drug-likeness (QED) is 0.464. The Hall–Kier alpha value is -2.94. The van der Waals surface area contributed by atoms with Gasteiger partial charge in [-0.05, 0) is 37.0 Å². The number of halogens is 2. The lowest BCUT2D eigenvalue weighted by atomic mass is 10.1. The van der Waals surface area contributed by atoms with E-state index in [4.69, 9.17) is 11.6 Å². The van der Waals surface area contributed by atoms with E-state index in [1.807, 2.05) is 19.2 Å². The third-order valence-corrected chi connectivity index (χ3v) is 5.93. The number of alkyl halides is 2. The molecule has 33 heavy (non-hydrogen) atoms. The van der Waals surface area contributed by atoms with Crippen molar-refractivity contribution >= 4 is 11.4 Å². The smallest absolute Gasteiger partial charge is 0.265 e. The van der Waals surface area contributed by atoms with Crippen molar-refractivity contribution in [3.05, 3.63) is 63.5 Å². The maximum absolute atomic E-state index is 14.0. The average molecular weight is 461 g/mol. The maximum Gasteiger partial charge on any atom is 0.265 e. The van der Waals surface area contributed by atoms with Crippen LogP contribution in [0.2, 0.25) is 0 Å². The predicted octanol–water partition coefficient (Wildman–Crippen LogP) is 3.13. The Labute approximate surface area is 193 Å². The highest BCUT2D eigenvalue weighted by atomic mass is 19.3. The summed E-state index contributed by atoms with van der Waals surface area (Å²) < 4.78 is 29.5. The van der Waals surface area contributed by atoms with Crippen LogP contribution in [0.5, 0.6) is 0 Å². The first kappa shape index (κ1) is 24.7. The van der Waals surface area contributed by atoms with Crippen molar-refractivity contribution in [1.82, 2.24) is 14.6 Å². The summed E-state index contributed by atoms with van der Waals surface area (Å²) in [5, 5.41) is 1.39. The molecule has 3 rings (SSSR count). The molecule has 0 aliphatic carbocycles. The van der Waals surface area contributed by atoms with Crippen LogP contribution in [0.1, 0.15) is 50.1 Å². The summed E-state index contributed by atoms with van der Waals surface area (Å²) in [6.07, 6.45) is 4.59. The van der Waals surface area contributed by atoms with Crippen LogP contribution in [-0.4, -0.2) is 40.6 Å². The molecule has 0 spiro atoms. The van der Waals surface area contributed by atoms with Crippen LogP contribution >= 0.6 is 0 Å². The summed E-state index contributed by atoms with van der Waals surface area (Å²) >= 11 is 0. The molecule has 0 radical (unpaired) electrons. The highest BCUT2D eigenvalue weighted by molar-refractivity contribution is 5.65. The summed E-state index contributed by atoms with van der Waals surface area (Å²) in [4.78, 5) is 18.8. The molecule has 2 aromatic rings. The first-order chi connectivity index (χ1) is 15.6. The Morgan fingerprint density at radius 2 is 2.00 bits per heavy atom. The molecule has 0 saturated carbocycles. The summed E-state index contributed by atoms with van der Waals surface area (Å²) in [6, 6.07) is 6.92. The van der Waals surface area contributed by atoms with Gasteiger partial charge in [-0.15, -0.1) is 0 Å². The van der Waals surface area contributed by atoms with Gasteiger partial charge in [-0.25, -0.2) is 19.6 Å². The van der Waals surface area contributed by atoms with Gasteiger partial charge in [0.15, 0.2) is 0 Å². The van der Waals surface area contributed by atoms with E-state index >= 15 is 0 Å². The number of nitrogens with two attached hydrogens (primary N) is 2. The van der Waals surface area contributed by atoms with E-state index < -0.39 is 5.92 Å². The zero-order valence-corrected chi connectivity index (χ0v) is 19.7. The molecule has 9 heteroatoms. The maximum atomic E-state index is 14.0. The molecule has 180 valence electrons. The van der Waals surface area contributed by atoms with Crippen LogP contribution in [0.25, 0.3) is 5.70 Å². The number of nitrogens with zero attached hydrogens (tertiary/aromatic N) is 4. The Balaban J connectivity index is 1.96. The van der Waals surface area contributed by atoms with Gasteiger partial charge in [-0.2, -0.15) is 0 Å². The minimum absolute atomic E-state index is 0.0861. The minimum atomic E-state index is -2.70. The van der Waals surface area contributed by atoms with E-state index in [2.05, 4.69) is 11.9 Å². The Morgan fingerprint density at radius 1 is 1.24 bits per heavy atom. The number of allylic oxidation sites excluding steroid dienone is 1. The van der Waals surface area contributed by atoms with Crippen molar-refractivity contribution in [2.24, 2.45) is 11.6 Å². The first-order valence-electron chi connectivity index (χ1n) is 11.4. The highest BCUT2D eigenvalue weighted by Crippen LogP contribution is 2.32. The van der Waals surface area contributed by atoms with Crippen LogP contribution in [0.3, 0.4) is 0 Å². The standard InChI is InChI=1S/C24H34F2N6O/c1-4-7-17-8-11-22(33)32(14-17)15-21(30(3)28)23(27)19-9-10-20(18(5-2)29-19)31-13-6-12-24(25,26)16-31/h8-11,14H,4-7,12-13,15-16,27-28H2,1-3H3/b23-21-. The van der Waals surface area contributed by atoms with Crippen LogP contribution in [0.4, 0.5) is 14.5 Å². The van der Waals surface area contributed by atoms with Crippen molar-refractivity contribution in [3.63, 3.8) is 0 Å². The summed E-state index contributed by atoms with van der Waals surface area (Å²) in [7, 11) is 1.66. The highest BCUT2D eigenvalue weighted by Gasteiger charge is 2.36. The topological polar surface area (TPSA) is 93.4 Å². The van der Waals surface area contributed by atoms with Gasteiger partial charge >= 0.3 is 0 Å². The molecule has 0 unspecified atom stereocenters. The van der Waals surface area contributed by atoms with Gasteiger partial charge in [0.1, 0.15) is 0 Å². The van der Waals surface area contributed by atoms with Crippen molar-refractivity contribution < 1.29 is 8.78 Å². The Bertz CT molecular complexity index is 1060. The van der Waals surface area contributed by atoms with Crippen LogP contribution < -0.4 is 22.0 Å². The summed E-state index contributed by atoms with van der Waals surface area (Å²) in [6.45, 7) is 4.48. The predicted molar refractivity (Wildman–Crippen MR) is 128 cm³/mol. The van der Waals surface area contributed by atoms with Gasteiger partial charge in [0, 0.05) is 32.3 Å². The SMILES string of the molecule is CCCc1ccc(=O)n(C/C(=C(/N)c2ccc(N3CCCC(F)(F)C3)c(CC)n2)N(C)N)c1. The number of aryl methyl sites for hydroxylation is 2. The fraction of sp³-hybridized carbons (Fsp3) is 0.500. The largest absolute Gasteiger partial charge is 0.395 e. The number of hydrogen-bond acceptors (Lipinski definition) is 6. The number of piperidine rings is 1. The number of aromatic nitrogens is 2. The molecule has 4 N–H and O–H groups in total. The Kier molecular flexibility index (Phi) is 7.73. The third-order valence-electron chi connectivity index (χ3n) is 5.93. The van der Waals surface area contributed by atoms with Crippen molar-refractivity contribution in [3.8, 4) is 0 Å². The lowest BCUT2D eigenvalue weighted by Gasteiger charge is -2.35. The lowest BCUT2D eigenvalue weighted by Crippen LogP contribution is -2.43. The number of pyridine rings is 2. The van der Waals surface area contributed by atoms with Gasteiger partial charge in [-0.3, -0.25) is 4.79 Å². The second kappa shape index (κ2) is 10.3. The van der Waals surface area contributed by atoms with E-state index in [1.165, 1.54) is 5.01 Å². The second-order valence-electron chi connectivity index (χ2n) is 8.62. The molecule has 1 saturated heterocycles. The number of rotatable bonds is 8. The van der Waals surface area contributed by atoms with E-state index in [1.54, 1.807) is 34.7 Å². The third kappa shape index (κ3) is 5.90. The molecule has 0 atom stereocenters. The lowest BCUT2D eigenvalue weighted by molar-refractivity contribution is -0.0117. The van der Waals surface area contributed by atoms with Crippen molar-refractivity contribution in [2.75, 3.05) is 25.0 Å². The van der Waals surface area contributed by atoms with Crippen LogP contribution in [-0.2, 0) is 19.4 Å². The van der Waals surface area contributed by atoms with E-state index in [0.29, 0.717) is 47.9 Å². The average Bonchev–Trinajstić information content (AvgIpc) is 2.77. The van der Waals surface area contributed by atoms with Crippen LogP contribution in [0.15, 0.2) is 41.0 Å². The molecule has 0 bridgehead atoms. The minimum Gasteiger partial charge on any atom is -0.395 e. The molecule has 2 aromatic heterocycles. The van der Waals surface area contributed by atoms with E-state index in [9.17, 15) is 13.6 Å². The summed E-state index contributed by atoms with van der Waals surface area (Å²) in [5.74, 6) is 3.38. The number of hydrazine groups is 1. The molecule has 7 nitrogen and oxygen atoms in total. The molecule has 1 aliphatic heterocycles. The first-order valence-corrected chi connectivity index (χ1v) is 11.4. The van der Waals surface area contributed by atoms with Crippen LogP contribution in [0, 0.1) is 0 Å². The molecule has 0 aromatic carbocycles. The fourth-order valence-electron chi connectivity index (χ4n) is 4.20. The number of hydrogen-bond donors (Lipinski definition) is 2. The van der Waals surface area contributed by atoms with Gasteiger partial charge in [-0.1, -0.05) is 26.3 Å². The number of likely N-dealkylation sites (N-methyl/N-ethyl adjacent to an activating group) is 1.